The average molecular weight is 285 g/mol. The number of hydrogen-bond donors (Lipinski definition) is 1. The zero-order valence-electron chi connectivity index (χ0n) is 12.1. The summed E-state index contributed by atoms with van der Waals surface area (Å²) >= 11 is 1.79. The van der Waals surface area contributed by atoms with Gasteiger partial charge in [-0.25, -0.2) is 4.98 Å². The number of aryl methyl sites for hydroxylation is 2. The lowest BCUT2D eigenvalue weighted by Gasteiger charge is -2.01. The van der Waals surface area contributed by atoms with Crippen LogP contribution in [0.25, 0.3) is 10.9 Å². The Balaban J connectivity index is 2.02. The number of fused-ring (bicyclic) bond motifs is 1. The molecule has 3 rings (SSSR count). The molecule has 2 aromatic heterocycles. The summed E-state index contributed by atoms with van der Waals surface area (Å²) in [5.41, 5.74) is 3.77. The molecule has 0 fully saturated rings. The summed E-state index contributed by atoms with van der Waals surface area (Å²) in [4.78, 5) is 5.96. The van der Waals surface area contributed by atoms with Gasteiger partial charge in [-0.2, -0.15) is 0 Å². The second-order valence-corrected chi connectivity index (χ2v) is 6.37. The van der Waals surface area contributed by atoms with Crippen LogP contribution in [0.3, 0.4) is 0 Å². The number of para-hydroxylation sites is 1. The molecule has 0 unspecified atom stereocenters. The standard InChI is InChI=1S/C16H19N3S/c1-11-12(2)20-16(18-11)10-19-9-13(8-17-3)14-6-4-5-7-15(14)19/h4-7,9,17H,8,10H2,1-3H3. The van der Waals surface area contributed by atoms with Gasteiger partial charge in [0.1, 0.15) is 5.01 Å². The summed E-state index contributed by atoms with van der Waals surface area (Å²) < 4.78 is 2.31. The number of nitrogens with one attached hydrogen (secondary N) is 1. The van der Waals surface area contributed by atoms with Gasteiger partial charge >= 0.3 is 0 Å². The monoisotopic (exact) mass is 285 g/mol. The topological polar surface area (TPSA) is 29.9 Å². The highest BCUT2D eigenvalue weighted by molar-refractivity contribution is 7.11. The predicted octanol–water partition coefficient (Wildman–Crippen LogP) is 3.48. The first-order valence-corrected chi connectivity index (χ1v) is 7.65. The average Bonchev–Trinajstić information content (AvgIpc) is 2.93. The fourth-order valence-corrected chi connectivity index (χ4v) is 3.47. The number of benzene rings is 1. The third kappa shape index (κ3) is 2.37. The van der Waals surface area contributed by atoms with Crippen molar-refractivity contribution < 1.29 is 0 Å². The van der Waals surface area contributed by atoms with Crippen molar-refractivity contribution in [2.45, 2.75) is 26.9 Å². The van der Waals surface area contributed by atoms with Gasteiger partial charge in [0, 0.05) is 28.5 Å². The molecule has 20 heavy (non-hydrogen) atoms. The van der Waals surface area contributed by atoms with Crippen LogP contribution in [-0.4, -0.2) is 16.6 Å². The Morgan fingerprint density at radius 1 is 1.25 bits per heavy atom. The largest absolute Gasteiger partial charge is 0.340 e. The number of hydrogen-bond acceptors (Lipinski definition) is 3. The zero-order valence-corrected chi connectivity index (χ0v) is 12.9. The van der Waals surface area contributed by atoms with Crippen molar-refractivity contribution >= 4 is 22.2 Å². The lowest BCUT2D eigenvalue weighted by molar-refractivity contribution is 0.791. The molecule has 2 heterocycles. The molecule has 0 bridgehead atoms. The number of thiazole rings is 1. The SMILES string of the molecule is CNCc1cn(Cc2nc(C)c(C)s2)c2ccccc12. The van der Waals surface area contributed by atoms with E-state index in [1.807, 2.05) is 7.05 Å². The molecule has 0 spiro atoms. The van der Waals surface area contributed by atoms with E-state index in [4.69, 9.17) is 0 Å². The molecule has 3 aromatic rings. The summed E-state index contributed by atoms with van der Waals surface area (Å²) in [6.45, 7) is 5.96. The molecule has 0 amide bonds. The Labute approximate surface area is 123 Å². The molecular formula is C16H19N3S. The highest BCUT2D eigenvalue weighted by atomic mass is 32.1. The van der Waals surface area contributed by atoms with Crippen LogP contribution in [0.15, 0.2) is 30.5 Å². The van der Waals surface area contributed by atoms with E-state index >= 15 is 0 Å². The predicted molar refractivity (Wildman–Crippen MR) is 85.4 cm³/mol. The third-order valence-corrected chi connectivity index (χ3v) is 4.67. The molecule has 0 radical (unpaired) electrons. The minimum absolute atomic E-state index is 0.851. The van der Waals surface area contributed by atoms with Crippen molar-refractivity contribution in [1.29, 1.82) is 0 Å². The molecule has 1 aromatic carbocycles. The van der Waals surface area contributed by atoms with Gasteiger partial charge in [-0.1, -0.05) is 18.2 Å². The number of nitrogens with zero attached hydrogens (tertiary/aromatic N) is 2. The van der Waals surface area contributed by atoms with Crippen molar-refractivity contribution in [2.75, 3.05) is 7.05 Å². The summed E-state index contributed by atoms with van der Waals surface area (Å²) in [5, 5.41) is 5.74. The summed E-state index contributed by atoms with van der Waals surface area (Å²) in [6, 6.07) is 8.57. The molecule has 0 saturated heterocycles. The Morgan fingerprint density at radius 2 is 2.05 bits per heavy atom. The van der Waals surface area contributed by atoms with Gasteiger partial charge in [0.2, 0.25) is 0 Å². The normalized spacial score (nSPS) is 11.3. The van der Waals surface area contributed by atoms with Crippen LogP contribution in [-0.2, 0) is 13.1 Å². The van der Waals surface area contributed by atoms with Gasteiger partial charge in [0.25, 0.3) is 0 Å². The molecule has 0 aliphatic carbocycles. The van der Waals surface area contributed by atoms with Crippen LogP contribution in [0, 0.1) is 13.8 Å². The second kappa shape index (κ2) is 5.38. The lowest BCUT2D eigenvalue weighted by Crippen LogP contribution is -2.04. The molecule has 104 valence electrons. The molecule has 3 nitrogen and oxygen atoms in total. The molecule has 0 saturated carbocycles. The maximum atomic E-state index is 4.65. The number of aromatic nitrogens is 2. The van der Waals surface area contributed by atoms with E-state index in [0.29, 0.717) is 0 Å². The van der Waals surface area contributed by atoms with Crippen molar-refractivity contribution in [3.8, 4) is 0 Å². The molecule has 0 aliphatic rings. The minimum atomic E-state index is 0.851. The van der Waals surface area contributed by atoms with E-state index in [1.165, 1.54) is 26.4 Å². The van der Waals surface area contributed by atoms with E-state index in [0.717, 1.165) is 18.8 Å². The van der Waals surface area contributed by atoms with Crippen LogP contribution in [0.1, 0.15) is 21.1 Å². The minimum Gasteiger partial charge on any atom is -0.340 e. The van der Waals surface area contributed by atoms with Gasteiger partial charge in [-0.3, -0.25) is 0 Å². The van der Waals surface area contributed by atoms with Crippen LogP contribution < -0.4 is 5.32 Å². The summed E-state index contributed by atoms with van der Waals surface area (Å²) in [6.07, 6.45) is 2.24. The lowest BCUT2D eigenvalue weighted by atomic mass is 10.2. The van der Waals surface area contributed by atoms with E-state index < -0.39 is 0 Å². The Morgan fingerprint density at radius 3 is 2.75 bits per heavy atom. The fraction of sp³-hybridized carbons (Fsp3) is 0.312. The fourth-order valence-electron chi connectivity index (χ4n) is 2.54. The first kappa shape index (κ1) is 13.3. The van der Waals surface area contributed by atoms with Crippen LogP contribution in [0.4, 0.5) is 0 Å². The maximum Gasteiger partial charge on any atom is 0.113 e. The van der Waals surface area contributed by atoms with Crippen molar-refractivity contribution in [3.05, 3.63) is 51.6 Å². The smallest absolute Gasteiger partial charge is 0.113 e. The van der Waals surface area contributed by atoms with Crippen LogP contribution >= 0.6 is 11.3 Å². The van der Waals surface area contributed by atoms with Crippen LogP contribution in [0.2, 0.25) is 0 Å². The van der Waals surface area contributed by atoms with Crippen molar-refractivity contribution in [1.82, 2.24) is 14.9 Å². The van der Waals surface area contributed by atoms with Gasteiger partial charge in [0.05, 0.1) is 12.2 Å². The molecule has 4 heteroatoms. The quantitative estimate of drug-likeness (QED) is 0.795. The van der Waals surface area contributed by atoms with Crippen LogP contribution in [0.5, 0.6) is 0 Å². The molecule has 0 atom stereocenters. The second-order valence-electron chi connectivity index (χ2n) is 5.08. The maximum absolute atomic E-state index is 4.65. The molecular weight excluding hydrogens is 266 g/mol. The third-order valence-electron chi connectivity index (χ3n) is 3.62. The van der Waals surface area contributed by atoms with Gasteiger partial charge < -0.3 is 9.88 Å². The van der Waals surface area contributed by atoms with E-state index in [9.17, 15) is 0 Å². The van der Waals surface area contributed by atoms with Gasteiger partial charge in [0.15, 0.2) is 0 Å². The first-order valence-electron chi connectivity index (χ1n) is 6.83. The van der Waals surface area contributed by atoms with Gasteiger partial charge in [-0.15, -0.1) is 11.3 Å². The Hall–Kier alpha value is -1.65. The summed E-state index contributed by atoms with van der Waals surface area (Å²) in [5.74, 6) is 0. The van der Waals surface area contributed by atoms with E-state index in [1.54, 1.807) is 11.3 Å². The Kier molecular flexibility index (Phi) is 3.59. The van der Waals surface area contributed by atoms with E-state index in [2.05, 4.69) is 59.2 Å². The zero-order chi connectivity index (χ0) is 14.1. The van der Waals surface area contributed by atoms with Crippen molar-refractivity contribution in [2.24, 2.45) is 0 Å². The highest BCUT2D eigenvalue weighted by Gasteiger charge is 2.10. The molecule has 1 N–H and O–H groups in total. The van der Waals surface area contributed by atoms with E-state index in [-0.39, 0.29) is 0 Å². The first-order chi connectivity index (χ1) is 9.69. The van der Waals surface area contributed by atoms with Crippen molar-refractivity contribution in [3.63, 3.8) is 0 Å². The number of rotatable bonds is 4. The molecule has 0 aliphatic heterocycles. The Bertz CT molecular complexity index is 720. The van der Waals surface area contributed by atoms with Gasteiger partial charge in [-0.05, 0) is 32.5 Å². The highest BCUT2D eigenvalue weighted by Crippen LogP contribution is 2.24. The summed E-state index contributed by atoms with van der Waals surface area (Å²) in [7, 11) is 1.99.